The molecule has 0 aromatic heterocycles. The summed E-state index contributed by atoms with van der Waals surface area (Å²) in [5.41, 5.74) is 0.469. The second-order valence-corrected chi connectivity index (χ2v) is 7.45. The van der Waals surface area contributed by atoms with E-state index < -0.39 is 24.5 Å². The molecule has 1 N–H and O–H groups in total. The fourth-order valence-corrected chi connectivity index (χ4v) is 4.02. The summed E-state index contributed by atoms with van der Waals surface area (Å²) in [5.74, 6) is -1.50. The number of carbonyl (C=O) groups excluding carboxylic acids is 4. The molecule has 0 unspecified atom stereocenters. The number of carbonyl (C=O) groups is 4. The number of hydrogen-bond donors (Lipinski definition) is 1. The average molecular weight is 402 g/mol. The fourth-order valence-electron chi connectivity index (χ4n) is 4.02. The normalized spacial score (nSPS) is 23.6. The van der Waals surface area contributed by atoms with E-state index in [0.29, 0.717) is 30.0 Å². The molecule has 1 saturated carbocycles. The lowest BCUT2D eigenvalue weighted by Gasteiger charge is -2.19. The van der Waals surface area contributed by atoms with Crippen molar-refractivity contribution < 1.29 is 33.4 Å². The van der Waals surface area contributed by atoms with Crippen molar-refractivity contribution in [1.29, 1.82) is 0 Å². The van der Waals surface area contributed by atoms with Crippen LogP contribution in [0.15, 0.2) is 18.2 Å². The van der Waals surface area contributed by atoms with Crippen molar-refractivity contribution >= 4 is 29.4 Å². The summed E-state index contributed by atoms with van der Waals surface area (Å²) in [6, 6.07) is 4.92. The van der Waals surface area contributed by atoms with Gasteiger partial charge in [-0.1, -0.05) is 12.8 Å². The third-order valence-electron chi connectivity index (χ3n) is 5.54. The summed E-state index contributed by atoms with van der Waals surface area (Å²) < 4.78 is 15.6. The number of nitrogens with one attached hydrogen (secondary N) is 1. The van der Waals surface area contributed by atoms with Gasteiger partial charge in [-0.2, -0.15) is 0 Å². The van der Waals surface area contributed by atoms with Gasteiger partial charge in [0, 0.05) is 11.8 Å². The largest absolute Gasteiger partial charge is 0.454 e. The standard InChI is InChI=1S/C20H22N2O7/c1-11(18(24)21-12-6-7-15-16(8-12)28-10-27-15)29-17(23)9-22-19(25)13-4-2-3-5-14(13)20(22)26/h6-8,11,13-14H,2-5,9-10H2,1H3,(H,21,24)/t11-,13-,14+/m1/s1. The number of hydrogen-bond acceptors (Lipinski definition) is 7. The highest BCUT2D eigenvalue weighted by atomic mass is 16.7. The molecule has 2 aliphatic heterocycles. The van der Waals surface area contributed by atoms with E-state index in [0.717, 1.165) is 17.7 Å². The van der Waals surface area contributed by atoms with Gasteiger partial charge in [0.2, 0.25) is 18.6 Å². The Morgan fingerprint density at radius 3 is 2.48 bits per heavy atom. The Labute approximate surface area is 167 Å². The first-order valence-corrected chi connectivity index (χ1v) is 9.69. The minimum Gasteiger partial charge on any atom is -0.454 e. The third kappa shape index (κ3) is 3.76. The molecule has 4 rings (SSSR count). The van der Waals surface area contributed by atoms with E-state index in [-0.39, 0.29) is 30.4 Å². The van der Waals surface area contributed by atoms with Gasteiger partial charge in [0.25, 0.3) is 5.91 Å². The van der Waals surface area contributed by atoms with E-state index in [4.69, 9.17) is 14.2 Å². The van der Waals surface area contributed by atoms with Crippen molar-refractivity contribution in [2.24, 2.45) is 11.8 Å². The Kier molecular flexibility index (Phi) is 5.12. The average Bonchev–Trinajstić information content (AvgIpc) is 3.26. The molecule has 9 nitrogen and oxygen atoms in total. The van der Waals surface area contributed by atoms with Gasteiger partial charge in [-0.15, -0.1) is 0 Å². The molecule has 9 heteroatoms. The molecule has 154 valence electrons. The van der Waals surface area contributed by atoms with E-state index >= 15 is 0 Å². The van der Waals surface area contributed by atoms with Gasteiger partial charge in [0.05, 0.1) is 11.8 Å². The van der Waals surface area contributed by atoms with Crippen LogP contribution in [0.25, 0.3) is 0 Å². The van der Waals surface area contributed by atoms with Gasteiger partial charge in [-0.3, -0.25) is 24.1 Å². The Hall–Kier alpha value is -3.10. The van der Waals surface area contributed by atoms with Crippen LogP contribution >= 0.6 is 0 Å². The molecule has 1 aromatic carbocycles. The minimum absolute atomic E-state index is 0.121. The quantitative estimate of drug-likeness (QED) is 0.586. The summed E-state index contributed by atoms with van der Waals surface area (Å²) in [7, 11) is 0. The highest BCUT2D eigenvalue weighted by molar-refractivity contribution is 6.07. The molecular weight excluding hydrogens is 380 g/mol. The van der Waals surface area contributed by atoms with Gasteiger partial charge < -0.3 is 19.5 Å². The van der Waals surface area contributed by atoms with Crippen LogP contribution < -0.4 is 14.8 Å². The number of esters is 1. The number of ether oxygens (including phenoxy) is 3. The summed E-state index contributed by atoms with van der Waals surface area (Å²) in [4.78, 5) is 50.4. The van der Waals surface area contributed by atoms with Crippen LogP contribution in [-0.2, 0) is 23.9 Å². The first-order valence-electron chi connectivity index (χ1n) is 9.69. The molecular formula is C20H22N2O7. The molecule has 0 bridgehead atoms. The lowest BCUT2D eigenvalue weighted by molar-refractivity contribution is -0.158. The molecule has 2 fully saturated rings. The number of nitrogens with zero attached hydrogens (tertiary/aromatic N) is 1. The van der Waals surface area contributed by atoms with Crippen molar-refractivity contribution in [3.05, 3.63) is 18.2 Å². The zero-order valence-corrected chi connectivity index (χ0v) is 16.0. The lowest BCUT2D eigenvalue weighted by Crippen LogP contribution is -2.39. The highest BCUT2D eigenvalue weighted by Gasteiger charge is 2.48. The van der Waals surface area contributed by atoms with Crippen molar-refractivity contribution in [2.45, 2.75) is 38.7 Å². The summed E-state index contributed by atoms with van der Waals surface area (Å²) in [6.45, 7) is 1.08. The van der Waals surface area contributed by atoms with Crippen molar-refractivity contribution in [3.8, 4) is 11.5 Å². The van der Waals surface area contributed by atoms with E-state index in [1.165, 1.54) is 6.92 Å². The number of amides is 3. The SMILES string of the molecule is C[C@@H](OC(=O)CN1C(=O)[C@H]2CCCC[C@H]2C1=O)C(=O)Nc1ccc2c(c1)OCO2. The van der Waals surface area contributed by atoms with Crippen LogP contribution in [0.2, 0.25) is 0 Å². The zero-order chi connectivity index (χ0) is 20.5. The Bertz CT molecular complexity index is 844. The van der Waals surface area contributed by atoms with Crippen LogP contribution in [0.4, 0.5) is 5.69 Å². The predicted octanol–water partition coefficient (Wildman–Crippen LogP) is 1.46. The Morgan fingerprint density at radius 1 is 1.14 bits per heavy atom. The maximum atomic E-state index is 12.4. The highest BCUT2D eigenvalue weighted by Crippen LogP contribution is 2.38. The second kappa shape index (κ2) is 7.73. The van der Waals surface area contributed by atoms with Crippen LogP contribution in [0.3, 0.4) is 0 Å². The van der Waals surface area contributed by atoms with Gasteiger partial charge in [0.15, 0.2) is 17.6 Å². The van der Waals surface area contributed by atoms with Gasteiger partial charge >= 0.3 is 5.97 Å². The molecule has 1 aliphatic carbocycles. The Morgan fingerprint density at radius 2 is 1.79 bits per heavy atom. The van der Waals surface area contributed by atoms with Gasteiger partial charge in [0.1, 0.15) is 6.54 Å². The summed E-state index contributed by atoms with van der Waals surface area (Å²) >= 11 is 0. The van der Waals surface area contributed by atoms with E-state index in [9.17, 15) is 19.2 Å². The zero-order valence-electron chi connectivity index (χ0n) is 16.0. The number of imide groups is 1. The number of fused-ring (bicyclic) bond motifs is 2. The van der Waals surface area contributed by atoms with Gasteiger partial charge in [-0.25, -0.2) is 0 Å². The van der Waals surface area contributed by atoms with Crippen molar-refractivity contribution in [1.82, 2.24) is 4.90 Å². The fraction of sp³-hybridized carbons (Fsp3) is 0.500. The monoisotopic (exact) mass is 402 g/mol. The molecule has 1 aromatic rings. The molecule has 0 spiro atoms. The first-order chi connectivity index (χ1) is 13.9. The maximum Gasteiger partial charge on any atom is 0.326 e. The van der Waals surface area contributed by atoms with Crippen LogP contribution in [0.1, 0.15) is 32.6 Å². The molecule has 29 heavy (non-hydrogen) atoms. The topological polar surface area (TPSA) is 111 Å². The molecule has 3 aliphatic rings. The first kappa shape index (κ1) is 19.2. The third-order valence-corrected chi connectivity index (χ3v) is 5.54. The van der Waals surface area contributed by atoms with E-state index in [2.05, 4.69) is 5.32 Å². The van der Waals surface area contributed by atoms with Crippen LogP contribution in [0, 0.1) is 11.8 Å². The van der Waals surface area contributed by atoms with Gasteiger partial charge in [-0.05, 0) is 31.9 Å². The lowest BCUT2D eigenvalue weighted by atomic mass is 9.81. The molecule has 2 heterocycles. The Balaban J connectivity index is 1.31. The predicted molar refractivity (Wildman–Crippen MR) is 98.9 cm³/mol. The number of anilines is 1. The number of rotatable bonds is 5. The molecule has 3 atom stereocenters. The maximum absolute atomic E-state index is 12.4. The molecule has 3 amide bonds. The molecule has 1 saturated heterocycles. The number of likely N-dealkylation sites (tertiary alicyclic amines) is 1. The summed E-state index contributed by atoms with van der Waals surface area (Å²) in [5, 5.41) is 2.63. The minimum atomic E-state index is -1.09. The molecule has 0 radical (unpaired) electrons. The summed E-state index contributed by atoms with van der Waals surface area (Å²) in [6.07, 6.45) is 2.08. The van der Waals surface area contributed by atoms with Crippen molar-refractivity contribution in [2.75, 3.05) is 18.7 Å². The van der Waals surface area contributed by atoms with Crippen LogP contribution in [0.5, 0.6) is 11.5 Å². The van der Waals surface area contributed by atoms with E-state index in [1.807, 2.05) is 0 Å². The second-order valence-electron chi connectivity index (χ2n) is 7.45. The van der Waals surface area contributed by atoms with Crippen LogP contribution in [-0.4, -0.2) is 48.0 Å². The smallest absolute Gasteiger partial charge is 0.326 e. The van der Waals surface area contributed by atoms with Crippen molar-refractivity contribution in [3.63, 3.8) is 0 Å². The number of benzene rings is 1. The van der Waals surface area contributed by atoms with E-state index in [1.54, 1.807) is 18.2 Å².